The molecule has 1 amide bonds. The van der Waals surface area contributed by atoms with E-state index in [1.807, 2.05) is 11.8 Å². The molecule has 1 aliphatic carbocycles. The summed E-state index contributed by atoms with van der Waals surface area (Å²) >= 11 is 0. The van der Waals surface area contributed by atoms with Crippen molar-refractivity contribution in [3.8, 4) is 0 Å². The number of hydrogen-bond acceptors (Lipinski definition) is 4. The Morgan fingerprint density at radius 3 is 2.32 bits per heavy atom. The monoisotopic (exact) mass is 352 g/mol. The molecule has 0 radical (unpaired) electrons. The molecule has 130 valence electrons. The molecular weight excluding hydrogens is 324 g/mol. The van der Waals surface area contributed by atoms with Crippen LogP contribution in [0, 0.1) is 5.92 Å². The summed E-state index contributed by atoms with van der Waals surface area (Å²) in [6.07, 6.45) is 7.09. The lowest BCUT2D eigenvalue weighted by Crippen LogP contribution is -2.44. The molecular formula is C15H29ClN2O3S. The molecule has 2 fully saturated rings. The maximum Gasteiger partial charge on any atom is 0.223 e. The van der Waals surface area contributed by atoms with Gasteiger partial charge in [0.2, 0.25) is 5.91 Å². The summed E-state index contributed by atoms with van der Waals surface area (Å²) in [6.45, 7) is 3.97. The zero-order valence-corrected chi connectivity index (χ0v) is 15.2. The molecule has 2 rings (SSSR count). The zero-order chi connectivity index (χ0) is 15.5. The number of carbonyl (C=O) groups is 1. The third kappa shape index (κ3) is 6.42. The van der Waals surface area contributed by atoms with Gasteiger partial charge in [-0.2, -0.15) is 0 Å². The minimum Gasteiger partial charge on any atom is -0.336 e. The summed E-state index contributed by atoms with van der Waals surface area (Å²) in [6, 6.07) is 0.0790. The van der Waals surface area contributed by atoms with Crippen molar-refractivity contribution < 1.29 is 13.2 Å². The zero-order valence-electron chi connectivity index (χ0n) is 13.6. The van der Waals surface area contributed by atoms with Crippen LogP contribution >= 0.6 is 12.4 Å². The average molecular weight is 353 g/mol. The fourth-order valence-corrected chi connectivity index (χ4v) is 4.34. The van der Waals surface area contributed by atoms with E-state index in [1.54, 1.807) is 0 Å². The van der Waals surface area contributed by atoms with Crippen LogP contribution in [0.4, 0.5) is 0 Å². The van der Waals surface area contributed by atoms with E-state index >= 15 is 0 Å². The van der Waals surface area contributed by atoms with Crippen molar-refractivity contribution in [2.45, 2.75) is 57.5 Å². The molecule has 0 aromatic rings. The summed E-state index contributed by atoms with van der Waals surface area (Å²) in [5.74, 6) is 0.858. The number of halogens is 1. The van der Waals surface area contributed by atoms with E-state index in [0.29, 0.717) is 12.3 Å². The predicted octanol–water partition coefficient (Wildman–Crippen LogP) is 1.61. The highest BCUT2D eigenvalue weighted by atomic mass is 35.5. The van der Waals surface area contributed by atoms with Crippen LogP contribution in [0.5, 0.6) is 0 Å². The van der Waals surface area contributed by atoms with Crippen LogP contribution in [0.2, 0.25) is 0 Å². The predicted molar refractivity (Wildman–Crippen MR) is 91.1 cm³/mol. The van der Waals surface area contributed by atoms with Gasteiger partial charge in [-0.3, -0.25) is 4.79 Å². The Morgan fingerprint density at radius 1 is 1.23 bits per heavy atom. The van der Waals surface area contributed by atoms with Crippen LogP contribution in [-0.2, 0) is 14.6 Å². The molecule has 0 bridgehead atoms. The average Bonchev–Trinajstić information content (AvgIpc) is 3.20. The Hall–Kier alpha value is -0.330. The fraction of sp³-hybridized carbons (Fsp3) is 0.933. The topological polar surface area (TPSA) is 66.5 Å². The Kier molecular flexibility index (Phi) is 7.62. The minimum atomic E-state index is -3.05. The third-order valence-corrected chi connectivity index (χ3v) is 5.56. The van der Waals surface area contributed by atoms with Gasteiger partial charge >= 0.3 is 0 Å². The van der Waals surface area contributed by atoms with E-state index in [1.165, 1.54) is 6.26 Å². The highest BCUT2D eigenvalue weighted by Crippen LogP contribution is 2.30. The number of carbonyl (C=O) groups excluding carboxylic acids is 1. The van der Waals surface area contributed by atoms with Crippen molar-refractivity contribution in [1.82, 2.24) is 10.2 Å². The summed E-state index contributed by atoms with van der Waals surface area (Å²) in [4.78, 5) is 14.4. The van der Waals surface area contributed by atoms with Gasteiger partial charge in [-0.05, 0) is 58.0 Å². The number of amides is 1. The van der Waals surface area contributed by atoms with E-state index in [0.717, 1.165) is 45.2 Å². The van der Waals surface area contributed by atoms with Crippen molar-refractivity contribution in [2.75, 3.05) is 25.1 Å². The van der Waals surface area contributed by atoms with Crippen LogP contribution in [-0.4, -0.2) is 56.4 Å². The number of sulfone groups is 1. The first-order valence-corrected chi connectivity index (χ1v) is 10.1. The van der Waals surface area contributed by atoms with Gasteiger partial charge < -0.3 is 10.2 Å². The van der Waals surface area contributed by atoms with Gasteiger partial charge in [0.25, 0.3) is 0 Å². The van der Waals surface area contributed by atoms with Crippen molar-refractivity contribution in [3.63, 3.8) is 0 Å². The lowest BCUT2D eigenvalue weighted by molar-refractivity contribution is -0.133. The van der Waals surface area contributed by atoms with Gasteiger partial charge in [0, 0.05) is 24.8 Å². The number of piperidine rings is 1. The molecule has 2 aliphatic rings. The van der Waals surface area contributed by atoms with E-state index in [2.05, 4.69) is 5.32 Å². The number of nitrogens with one attached hydrogen (secondary N) is 1. The quantitative estimate of drug-likeness (QED) is 0.756. The molecule has 0 spiro atoms. The smallest absolute Gasteiger partial charge is 0.223 e. The second kappa shape index (κ2) is 8.50. The summed E-state index contributed by atoms with van der Waals surface area (Å²) in [5, 5.41) is 3.34. The molecule has 0 aromatic carbocycles. The molecule has 7 heteroatoms. The number of nitrogens with zero attached hydrogens (tertiary/aromatic N) is 1. The Labute approximate surface area is 140 Å². The van der Waals surface area contributed by atoms with Crippen molar-refractivity contribution >= 4 is 28.2 Å². The Morgan fingerprint density at radius 2 is 1.82 bits per heavy atom. The van der Waals surface area contributed by atoms with Gasteiger partial charge in [0.15, 0.2) is 0 Å². The Balaban J connectivity index is 0.00000242. The number of hydrogen-bond donors (Lipinski definition) is 1. The summed E-state index contributed by atoms with van der Waals surface area (Å²) < 4.78 is 22.9. The minimum absolute atomic E-state index is 0. The lowest BCUT2D eigenvalue weighted by atomic mass is 9.93. The molecule has 5 nitrogen and oxygen atoms in total. The van der Waals surface area contributed by atoms with E-state index in [-0.39, 0.29) is 36.2 Å². The van der Waals surface area contributed by atoms with Crippen molar-refractivity contribution in [3.05, 3.63) is 0 Å². The molecule has 1 heterocycles. The SMILES string of the molecule is CC(CS(C)(=O)=O)N(C(=O)CCC1CCNCC1)C1CC1.Cl. The van der Waals surface area contributed by atoms with Crippen LogP contribution in [0.1, 0.15) is 45.4 Å². The second-order valence-corrected chi connectivity index (χ2v) is 8.89. The van der Waals surface area contributed by atoms with Crippen LogP contribution in [0.25, 0.3) is 0 Å². The third-order valence-electron chi connectivity index (χ3n) is 4.47. The standard InChI is InChI=1S/C15H28N2O3S.ClH/c1-12(11-21(2,19)20)17(14-4-5-14)15(18)6-3-13-7-9-16-10-8-13;/h12-14,16H,3-11H2,1-2H3;1H. The molecule has 1 aliphatic heterocycles. The van der Waals surface area contributed by atoms with E-state index in [9.17, 15) is 13.2 Å². The van der Waals surface area contributed by atoms with Crippen LogP contribution in [0.3, 0.4) is 0 Å². The van der Waals surface area contributed by atoms with Crippen LogP contribution < -0.4 is 5.32 Å². The first kappa shape index (κ1) is 19.7. The second-order valence-electron chi connectivity index (χ2n) is 6.71. The summed E-state index contributed by atoms with van der Waals surface area (Å²) in [5.41, 5.74) is 0. The maximum atomic E-state index is 12.5. The lowest BCUT2D eigenvalue weighted by Gasteiger charge is -2.30. The van der Waals surface area contributed by atoms with Crippen molar-refractivity contribution in [2.24, 2.45) is 5.92 Å². The maximum absolute atomic E-state index is 12.5. The van der Waals surface area contributed by atoms with E-state index < -0.39 is 9.84 Å². The van der Waals surface area contributed by atoms with Gasteiger partial charge in [-0.15, -0.1) is 12.4 Å². The molecule has 1 atom stereocenters. The van der Waals surface area contributed by atoms with Crippen LogP contribution in [0.15, 0.2) is 0 Å². The van der Waals surface area contributed by atoms with Gasteiger partial charge in [0.05, 0.1) is 5.75 Å². The first-order chi connectivity index (χ1) is 9.87. The first-order valence-electron chi connectivity index (χ1n) is 8.06. The molecule has 1 unspecified atom stereocenters. The van der Waals surface area contributed by atoms with Crippen molar-refractivity contribution in [1.29, 1.82) is 0 Å². The van der Waals surface area contributed by atoms with E-state index in [4.69, 9.17) is 0 Å². The van der Waals surface area contributed by atoms with Gasteiger partial charge in [0.1, 0.15) is 9.84 Å². The molecule has 1 N–H and O–H groups in total. The normalized spacial score (nSPS) is 21.0. The molecule has 22 heavy (non-hydrogen) atoms. The highest BCUT2D eigenvalue weighted by molar-refractivity contribution is 7.90. The fourth-order valence-electron chi connectivity index (χ4n) is 3.31. The molecule has 0 aromatic heterocycles. The van der Waals surface area contributed by atoms with Gasteiger partial charge in [-0.25, -0.2) is 8.42 Å². The van der Waals surface area contributed by atoms with Gasteiger partial charge in [-0.1, -0.05) is 0 Å². The molecule has 1 saturated carbocycles. The largest absolute Gasteiger partial charge is 0.336 e. The molecule has 1 saturated heterocycles. The highest BCUT2D eigenvalue weighted by Gasteiger charge is 2.36. The summed E-state index contributed by atoms with van der Waals surface area (Å²) in [7, 11) is -3.05. The number of rotatable bonds is 7. The Bertz CT molecular complexity index is 459.